The molecule has 2 N–H and O–H groups in total. The highest BCUT2D eigenvalue weighted by atomic mass is 16.1. The van der Waals surface area contributed by atoms with Gasteiger partial charge in [-0.25, -0.2) is 0 Å². The second kappa shape index (κ2) is 7.68. The number of aromatic nitrogens is 3. The number of anilines is 1. The standard InChI is InChI=1S/C27H26N4O/c1-4-19-10-7-11-20-15-21(16-30-24-14-8-12-22(28)25(24)18(3)29-30)31(27(32)26(19)20)23-13-6-5-9-17(23)2/h5-15H,4,16,28H2,1-3H3. The van der Waals surface area contributed by atoms with Crippen LogP contribution in [0.2, 0.25) is 0 Å². The highest BCUT2D eigenvalue weighted by Crippen LogP contribution is 2.26. The molecule has 0 aliphatic rings. The molecule has 3 aromatic carbocycles. The molecule has 5 rings (SSSR count). The molecule has 0 saturated heterocycles. The number of nitrogen functional groups attached to an aromatic ring is 1. The summed E-state index contributed by atoms with van der Waals surface area (Å²) in [6.07, 6.45) is 0.808. The third-order valence-electron chi connectivity index (χ3n) is 6.24. The average molecular weight is 423 g/mol. The summed E-state index contributed by atoms with van der Waals surface area (Å²) in [4.78, 5) is 13.9. The molecule has 0 radical (unpaired) electrons. The van der Waals surface area contributed by atoms with Crippen LogP contribution < -0.4 is 11.3 Å². The van der Waals surface area contributed by atoms with E-state index in [1.807, 2.05) is 83.8 Å². The van der Waals surface area contributed by atoms with E-state index in [4.69, 9.17) is 10.8 Å². The first-order valence-electron chi connectivity index (χ1n) is 10.9. The summed E-state index contributed by atoms with van der Waals surface area (Å²) in [7, 11) is 0. The molecule has 0 saturated carbocycles. The van der Waals surface area contributed by atoms with Crippen molar-refractivity contribution >= 4 is 27.4 Å². The molecule has 0 bridgehead atoms. The van der Waals surface area contributed by atoms with Gasteiger partial charge in [0.2, 0.25) is 0 Å². The zero-order valence-electron chi connectivity index (χ0n) is 18.6. The van der Waals surface area contributed by atoms with Crippen molar-refractivity contribution in [3.8, 4) is 5.69 Å². The van der Waals surface area contributed by atoms with Gasteiger partial charge in [0, 0.05) is 16.8 Å². The lowest BCUT2D eigenvalue weighted by atomic mass is 10.0. The lowest BCUT2D eigenvalue weighted by Crippen LogP contribution is -2.25. The van der Waals surface area contributed by atoms with Crippen molar-refractivity contribution < 1.29 is 0 Å². The Morgan fingerprint density at radius 1 is 0.938 bits per heavy atom. The Morgan fingerprint density at radius 3 is 2.50 bits per heavy atom. The summed E-state index contributed by atoms with van der Waals surface area (Å²) in [6, 6.07) is 22.1. The molecule has 5 aromatic rings. The number of nitrogens with two attached hydrogens (primary N) is 1. The molecule has 5 nitrogen and oxygen atoms in total. The fourth-order valence-electron chi connectivity index (χ4n) is 4.70. The number of rotatable bonds is 4. The zero-order valence-corrected chi connectivity index (χ0v) is 18.6. The van der Waals surface area contributed by atoms with E-state index in [0.29, 0.717) is 12.2 Å². The van der Waals surface area contributed by atoms with Crippen LogP contribution in [-0.4, -0.2) is 14.3 Å². The molecule has 0 unspecified atom stereocenters. The predicted molar refractivity (Wildman–Crippen MR) is 132 cm³/mol. The van der Waals surface area contributed by atoms with Crippen molar-refractivity contribution in [1.29, 1.82) is 0 Å². The summed E-state index contributed by atoms with van der Waals surface area (Å²) < 4.78 is 3.80. The minimum absolute atomic E-state index is 0.0111. The van der Waals surface area contributed by atoms with Gasteiger partial charge in [-0.3, -0.25) is 14.0 Å². The molecule has 0 fully saturated rings. The molecule has 2 aromatic heterocycles. The summed E-state index contributed by atoms with van der Waals surface area (Å²) >= 11 is 0. The maximum atomic E-state index is 13.9. The van der Waals surface area contributed by atoms with Crippen LogP contribution >= 0.6 is 0 Å². The number of hydrogen-bond donors (Lipinski definition) is 1. The fourth-order valence-corrected chi connectivity index (χ4v) is 4.70. The van der Waals surface area contributed by atoms with Crippen molar-refractivity contribution in [2.75, 3.05) is 5.73 Å². The summed E-state index contributed by atoms with van der Waals surface area (Å²) in [5.74, 6) is 0. The Labute approximate surface area is 186 Å². The molecule has 0 spiro atoms. The topological polar surface area (TPSA) is 65.8 Å². The van der Waals surface area contributed by atoms with E-state index in [0.717, 1.165) is 56.3 Å². The lowest BCUT2D eigenvalue weighted by Gasteiger charge is -2.18. The Kier molecular flexibility index (Phi) is 4.82. The van der Waals surface area contributed by atoms with Gasteiger partial charge in [0.05, 0.1) is 28.8 Å². The average Bonchev–Trinajstić information content (AvgIpc) is 3.10. The van der Waals surface area contributed by atoms with Crippen LogP contribution in [0.1, 0.15) is 29.4 Å². The van der Waals surface area contributed by atoms with Crippen LogP contribution in [0.15, 0.2) is 71.5 Å². The highest BCUT2D eigenvalue weighted by molar-refractivity contribution is 5.93. The van der Waals surface area contributed by atoms with Crippen LogP contribution in [0.5, 0.6) is 0 Å². The largest absolute Gasteiger partial charge is 0.398 e. The number of hydrogen-bond acceptors (Lipinski definition) is 3. The number of pyridine rings is 1. The van der Waals surface area contributed by atoms with Gasteiger partial charge in [-0.1, -0.05) is 49.4 Å². The molecule has 160 valence electrons. The maximum Gasteiger partial charge on any atom is 0.263 e. The number of benzene rings is 3. The quantitative estimate of drug-likeness (QED) is 0.407. The number of aryl methyl sites for hydroxylation is 3. The molecule has 0 aliphatic heterocycles. The van der Waals surface area contributed by atoms with Gasteiger partial charge in [0.15, 0.2) is 0 Å². The van der Waals surface area contributed by atoms with Gasteiger partial charge in [0.1, 0.15) is 0 Å². The van der Waals surface area contributed by atoms with E-state index < -0.39 is 0 Å². The zero-order chi connectivity index (χ0) is 22.4. The van der Waals surface area contributed by atoms with Gasteiger partial charge in [-0.15, -0.1) is 0 Å². The van der Waals surface area contributed by atoms with Crippen molar-refractivity contribution in [2.45, 2.75) is 33.7 Å². The molecule has 2 heterocycles. The van der Waals surface area contributed by atoms with E-state index in [-0.39, 0.29) is 5.56 Å². The Morgan fingerprint density at radius 2 is 1.72 bits per heavy atom. The molecule has 0 atom stereocenters. The molecule has 32 heavy (non-hydrogen) atoms. The van der Waals surface area contributed by atoms with Crippen LogP contribution in [0.4, 0.5) is 5.69 Å². The minimum Gasteiger partial charge on any atom is -0.398 e. The van der Waals surface area contributed by atoms with Crippen molar-refractivity contribution in [2.24, 2.45) is 0 Å². The summed E-state index contributed by atoms with van der Waals surface area (Å²) in [5.41, 5.74) is 12.7. The van der Waals surface area contributed by atoms with Crippen molar-refractivity contribution in [3.05, 3.63) is 99.6 Å². The van der Waals surface area contributed by atoms with E-state index in [2.05, 4.69) is 13.0 Å². The van der Waals surface area contributed by atoms with Crippen LogP contribution in [0.25, 0.3) is 27.4 Å². The van der Waals surface area contributed by atoms with E-state index >= 15 is 0 Å². The van der Waals surface area contributed by atoms with Gasteiger partial charge in [-0.05, 0) is 61.0 Å². The summed E-state index contributed by atoms with van der Waals surface area (Å²) in [5, 5.41) is 7.48. The molecular formula is C27H26N4O. The summed E-state index contributed by atoms with van der Waals surface area (Å²) in [6.45, 7) is 6.56. The molecule has 0 aliphatic carbocycles. The second-order valence-corrected chi connectivity index (χ2v) is 8.28. The third kappa shape index (κ3) is 3.09. The Hall–Kier alpha value is -3.86. The van der Waals surface area contributed by atoms with E-state index in [9.17, 15) is 4.79 Å². The number of nitrogens with zero attached hydrogens (tertiary/aromatic N) is 3. The first-order chi connectivity index (χ1) is 15.5. The van der Waals surface area contributed by atoms with Gasteiger partial charge in [-0.2, -0.15) is 5.10 Å². The van der Waals surface area contributed by atoms with Crippen molar-refractivity contribution in [3.63, 3.8) is 0 Å². The van der Waals surface area contributed by atoms with Crippen molar-refractivity contribution in [1.82, 2.24) is 14.3 Å². The predicted octanol–water partition coefficient (Wildman–Crippen LogP) is 5.15. The smallest absolute Gasteiger partial charge is 0.263 e. The molecule has 0 amide bonds. The van der Waals surface area contributed by atoms with Gasteiger partial charge < -0.3 is 5.73 Å². The van der Waals surface area contributed by atoms with E-state index in [1.165, 1.54) is 0 Å². The van der Waals surface area contributed by atoms with Gasteiger partial charge >= 0.3 is 0 Å². The van der Waals surface area contributed by atoms with Crippen LogP contribution in [0, 0.1) is 13.8 Å². The first kappa shape index (κ1) is 20.1. The minimum atomic E-state index is 0.0111. The lowest BCUT2D eigenvalue weighted by molar-refractivity contribution is 0.669. The first-order valence-corrected chi connectivity index (χ1v) is 10.9. The van der Waals surface area contributed by atoms with Gasteiger partial charge in [0.25, 0.3) is 5.56 Å². The molecular weight excluding hydrogens is 396 g/mol. The van der Waals surface area contributed by atoms with Crippen LogP contribution in [0.3, 0.4) is 0 Å². The SMILES string of the molecule is CCc1cccc2cc(Cn3nc(C)c4c(N)cccc43)n(-c3ccccc3C)c(=O)c12. The third-order valence-corrected chi connectivity index (χ3v) is 6.24. The Balaban J connectivity index is 1.82. The van der Waals surface area contributed by atoms with E-state index in [1.54, 1.807) is 0 Å². The Bertz CT molecular complexity index is 1540. The number of para-hydroxylation sites is 1. The van der Waals surface area contributed by atoms with Crippen LogP contribution in [-0.2, 0) is 13.0 Å². The number of fused-ring (bicyclic) bond motifs is 2. The highest BCUT2D eigenvalue weighted by Gasteiger charge is 2.17. The monoisotopic (exact) mass is 422 g/mol. The fraction of sp³-hybridized carbons (Fsp3) is 0.185. The maximum absolute atomic E-state index is 13.9. The normalized spacial score (nSPS) is 11.5. The second-order valence-electron chi connectivity index (χ2n) is 8.28. The molecule has 5 heteroatoms.